The lowest BCUT2D eigenvalue weighted by Gasteiger charge is -2.31. The molecule has 0 heterocycles. The molecule has 1 nitrogen and oxygen atoms in total. The van der Waals surface area contributed by atoms with Crippen LogP contribution in [0.5, 0.6) is 0 Å². The number of ketones is 1. The van der Waals surface area contributed by atoms with Crippen molar-refractivity contribution in [2.75, 3.05) is 0 Å². The highest BCUT2D eigenvalue weighted by Gasteiger charge is 2.31. The Morgan fingerprint density at radius 3 is 2.65 bits per heavy atom. The zero-order chi connectivity index (χ0) is 12.6. The van der Waals surface area contributed by atoms with Crippen molar-refractivity contribution in [3.05, 3.63) is 34.9 Å². The van der Waals surface area contributed by atoms with E-state index in [1.54, 1.807) is 6.92 Å². The van der Waals surface area contributed by atoms with E-state index in [1.807, 2.05) is 6.92 Å². The first-order valence-corrected chi connectivity index (χ1v) is 5.97. The van der Waals surface area contributed by atoms with Crippen molar-refractivity contribution in [1.29, 1.82) is 0 Å². The van der Waals surface area contributed by atoms with Crippen LogP contribution in [0.4, 0.5) is 8.78 Å². The van der Waals surface area contributed by atoms with Crippen molar-refractivity contribution in [2.45, 2.75) is 39.0 Å². The summed E-state index contributed by atoms with van der Waals surface area (Å²) in [5.41, 5.74) is 0.972. The molecule has 0 bridgehead atoms. The second-order valence-electron chi connectivity index (χ2n) is 4.92. The van der Waals surface area contributed by atoms with Crippen LogP contribution in [0.1, 0.15) is 43.7 Å². The van der Waals surface area contributed by atoms with E-state index in [0.29, 0.717) is 24.0 Å². The third kappa shape index (κ3) is 2.24. The summed E-state index contributed by atoms with van der Waals surface area (Å²) in [6, 6.07) is 2.37. The van der Waals surface area contributed by atoms with E-state index >= 15 is 0 Å². The van der Waals surface area contributed by atoms with Gasteiger partial charge in [0.05, 0.1) is 0 Å². The van der Waals surface area contributed by atoms with Gasteiger partial charge in [-0.3, -0.25) is 0 Å². The third-order valence-electron chi connectivity index (χ3n) is 3.72. The molecule has 1 aliphatic rings. The van der Waals surface area contributed by atoms with Gasteiger partial charge < -0.3 is 4.79 Å². The van der Waals surface area contributed by atoms with E-state index in [4.69, 9.17) is 0 Å². The summed E-state index contributed by atoms with van der Waals surface area (Å²) < 4.78 is 27.3. The summed E-state index contributed by atoms with van der Waals surface area (Å²) in [5.74, 6) is -0.506. The van der Waals surface area contributed by atoms with Crippen LogP contribution >= 0.6 is 0 Å². The maximum absolute atomic E-state index is 13.8. The van der Waals surface area contributed by atoms with Gasteiger partial charge in [-0.25, -0.2) is 8.78 Å². The molecule has 3 heteroatoms. The molecule has 0 saturated heterocycles. The average molecular weight is 238 g/mol. The van der Waals surface area contributed by atoms with E-state index in [0.717, 1.165) is 6.42 Å². The van der Waals surface area contributed by atoms with Gasteiger partial charge in [0.2, 0.25) is 0 Å². The van der Waals surface area contributed by atoms with Crippen LogP contribution in [0.3, 0.4) is 0 Å². The number of carbonyl (C=O) groups is 1. The molecular formula is C14H16F2O. The second kappa shape index (κ2) is 4.55. The number of rotatable bonds is 2. The average Bonchev–Trinajstić information content (AvgIpc) is 2.26. The zero-order valence-electron chi connectivity index (χ0n) is 10.1. The van der Waals surface area contributed by atoms with Crippen LogP contribution in [-0.2, 0) is 11.2 Å². The van der Waals surface area contributed by atoms with Crippen LogP contribution < -0.4 is 0 Å². The smallest absolute Gasteiger partial charge is 0.130 e. The SMILES string of the molecule is CC(=O)CC1CCc2c(F)ccc(F)c2C1C. The van der Waals surface area contributed by atoms with Crippen LogP contribution in [0.2, 0.25) is 0 Å². The molecule has 0 amide bonds. The fourth-order valence-electron chi connectivity index (χ4n) is 2.82. The molecule has 0 radical (unpaired) electrons. The van der Waals surface area contributed by atoms with E-state index in [2.05, 4.69) is 0 Å². The number of carbonyl (C=O) groups excluding carboxylic acids is 1. The fourth-order valence-corrected chi connectivity index (χ4v) is 2.82. The van der Waals surface area contributed by atoms with Crippen molar-refractivity contribution in [2.24, 2.45) is 5.92 Å². The summed E-state index contributed by atoms with van der Waals surface area (Å²) in [4.78, 5) is 11.2. The lowest BCUT2D eigenvalue weighted by molar-refractivity contribution is -0.118. The number of Topliss-reactive ketones (excluding diaryl/α,β-unsaturated/α-hetero) is 1. The Kier molecular flexibility index (Phi) is 3.27. The van der Waals surface area contributed by atoms with Crippen LogP contribution in [0.15, 0.2) is 12.1 Å². The first-order valence-electron chi connectivity index (χ1n) is 5.97. The van der Waals surface area contributed by atoms with E-state index in [-0.39, 0.29) is 29.3 Å². The van der Waals surface area contributed by atoms with Gasteiger partial charge in [0.1, 0.15) is 17.4 Å². The van der Waals surface area contributed by atoms with E-state index in [9.17, 15) is 13.6 Å². The lowest BCUT2D eigenvalue weighted by atomic mass is 9.74. The first kappa shape index (κ1) is 12.2. The molecule has 2 atom stereocenters. The molecule has 0 spiro atoms. The van der Waals surface area contributed by atoms with Gasteiger partial charge in [-0.2, -0.15) is 0 Å². The van der Waals surface area contributed by atoms with Crippen molar-refractivity contribution in [3.63, 3.8) is 0 Å². The molecule has 0 aliphatic heterocycles. The van der Waals surface area contributed by atoms with Gasteiger partial charge in [0, 0.05) is 6.42 Å². The predicted octanol–water partition coefficient (Wildman–Crippen LogP) is 3.61. The highest BCUT2D eigenvalue weighted by atomic mass is 19.1. The largest absolute Gasteiger partial charge is 0.300 e. The highest BCUT2D eigenvalue weighted by Crippen LogP contribution is 2.40. The van der Waals surface area contributed by atoms with Gasteiger partial charge >= 0.3 is 0 Å². The Morgan fingerprint density at radius 1 is 1.35 bits per heavy atom. The van der Waals surface area contributed by atoms with Gasteiger partial charge in [0.15, 0.2) is 0 Å². The predicted molar refractivity (Wildman–Crippen MR) is 61.9 cm³/mol. The Bertz CT molecular complexity index is 454. The monoisotopic (exact) mass is 238 g/mol. The Labute approximate surface area is 99.8 Å². The van der Waals surface area contributed by atoms with Gasteiger partial charge in [0.25, 0.3) is 0 Å². The Morgan fingerprint density at radius 2 is 2.00 bits per heavy atom. The fraction of sp³-hybridized carbons (Fsp3) is 0.500. The number of fused-ring (bicyclic) bond motifs is 1. The van der Waals surface area contributed by atoms with Gasteiger partial charge in [-0.1, -0.05) is 6.92 Å². The molecule has 1 aromatic rings. The zero-order valence-corrected chi connectivity index (χ0v) is 10.1. The van der Waals surface area contributed by atoms with Crippen molar-refractivity contribution >= 4 is 5.78 Å². The number of benzene rings is 1. The van der Waals surface area contributed by atoms with E-state index in [1.165, 1.54) is 12.1 Å². The number of halogens is 2. The molecule has 0 N–H and O–H groups in total. The quantitative estimate of drug-likeness (QED) is 0.769. The van der Waals surface area contributed by atoms with Crippen molar-refractivity contribution in [1.82, 2.24) is 0 Å². The van der Waals surface area contributed by atoms with E-state index < -0.39 is 0 Å². The summed E-state index contributed by atoms with van der Waals surface area (Å²) in [6.45, 7) is 3.43. The molecular weight excluding hydrogens is 222 g/mol. The summed E-state index contributed by atoms with van der Waals surface area (Å²) in [7, 11) is 0. The molecule has 0 aromatic heterocycles. The topological polar surface area (TPSA) is 17.1 Å². The van der Waals surface area contributed by atoms with Crippen LogP contribution in [0.25, 0.3) is 0 Å². The minimum atomic E-state index is -0.345. The second-order valence-corrected chi connectivity index (χ2v) is 4.92. The summed E-state index contributed by atoms with van der Waals surface area (Å²) >= 11 is 0. The molecule has 17 heavy (non-hydrogen) atoms. The standard InChI is InChI=1S/C14H16F2O/c1-8(17)7-10-3-4-11-12(15)5-6-13(16)14(11)9(10)2/h5-6,9-10H,3-4,7H2,1-2H3. The maximum Gasteiger partial charge on any atom is 0.130 e. The normalized spacial score (nSPS) is 23.3. The maximum atomic E-state index is 13.8. The lowest BCUT2D eigenvalue weighted by Crippen LogP contribution is -2.23. The van der Waals surface area contributed by atoms with Gasteiger partial charge in [-0.05, 0) is 54.9 Å². The van der Waals surface area contributed by atoms with Crippen molar-refractivity contribution in [3.8, 4) is 0 Å². The van der Waals surface area contributed by atoms with Crippen LogP contribution in [0, 0.1) is 17.6 Å². The first-order chi connectivity index (χ1) is 8.00. The number of hydrogen-bond acceptors (Lipinski definition) is 1. The Balaban J connectivity index is 2.38. The molecule has 0 fully saturated rings. The molecule has 1 aliphatic carbocycles. The third-order valence-corrected chi connectivity index (χ3v) is 3.72. The van der Waals surface area contributed by atoms with Gasteiger partial charge in [-0.15, -0.1) is 0 Å². The summed E-state index contributed by atoms with van der Waals surface area (Å²) in [5, 5.41) is 0. The van der Waals surface area contributed by atoms with Crippen LogP contribution in [-0.4, -0.2) is 5.78 Å². The molecule has 2 unspecified atom stereocenters. The number of hydrogen-bond donors (Lipinski definition) is 0. The minimum absolute atomic E-state index is 0.0849. The molecule has 2 rings (SSSR count). The highest BCUT2D eigenvalue weighted by molar-refractivity contribution is 5.75. The molecule has 1 aromatic carbocycles. The molecule has 92 valence electrons. The summed E-state index contributed by atoms with van der Waals surface area (Å²) in [6.07, 6.45) is 1.74. The molecule has 0 saturated carbocycles. The Hall–Kier alpha value is -1.25. The minimum Gasteiger partial charge on any atom is -0.300 e. The van der Waals surface area contributed by atoms with Crippen molar-refractivity contribution < 1.29 is 13.6 Å².